The number of nitrogens with one attached hydrogen (secondary N) is 1. The van der Waals surface area contributed by atoms with Gasteiger partial charge in [0.1, 0.15) is 0 Å². The van der Waals surface area contributed by atoms with Gasteiger partial charge in [-0.15, -0.1) is 11.3 Å². The highest BCUT2D eigenvalue weighted by atomic mass is 35.5. The third kappa shape index (κ3) is 3.62. The Balaban J connectivity index is 2.20. The summed E-state index contributed by atoms with van der Waals surface area (Å²) in [5, 5.41) is 3.74. The first-order valence-electron chi connectivity index (χ1n) is 5.82. The zero-order valence-corrected chi connectivity index (χ0v) is 13.3. The molecule has 1 aromatic heterocycles. The van der Waals surface area contributed by atoms with Crippen LogP contribution in [0.4, 0.5) is 5.69 Å². The van der Waals surface area contributed by atoms with Crippen LogP contribution in [-0.2, 0) is 6.54 Å². The Morgan fingerprint density at radius 1 is 1.40 bits per heavy atom. The van der Waals surface area contributed by atoms with Gasteiger partial charge >= 0.3 is 0 Å². The van der Waals surface area contributed by atoms with Gasteiger partial charge in [0.25, 0.3) is 5.91 Å². The van der Waals surface area contributed by atoms with Crippen molar-refractivity contribution in [2.24, 2.45) is 0 Å². The Hall–Kier alpha value is -1.30. The summed E-state index contributed by atoms with van der Waals surface area (Å²) < 4.78 is 0.502. The Morgan fingerprint density at radius 3 is 2.75 bits per heavy atom. The summed E-state index contributed by atoms with van der Waals surface area (Å²) in [4.78, 5) is 18.6. The van der Waals surface area contributed by atoms with Gasteiger partial charge in [-0.2, -0.15) is 0 Å². The summed E-state index contributed by atoms with van der Waals surface area (Å²) in [6.45, 7) is 0.555. The number of hydrogen-bond donors (Lipinski definition) is 1. The number of aromatic nitrogens is 1. The van der Waals surface area contributed by atoms with Crippen LogP contribution in [0.5, 0.6) is 0 Å². The van der Waals surface area contributed by atoms with Crippen LogP contribution >= 0.6 is 34.5 Å². The number of anilines is 1. The van der Waals surface area contributed by atoms with Gasteiger partial charge < -0.3 is 10.2 Å². The molecule has 0 atom stereocenters. The predicted molar refractivity (Wildman–Crippen MR) is 83.9 cm³/mol. The fraction of sp³-hybridized carbons (Fsp3) is 0.231. The van der Waals surface area contributed by atoms with Crippen molar-refractivity contribution in [3.05, 3.63) is 44.3 Å². The Labute approximate surface area is 131 Å². The Kier molecular flexibility index (Phi) is 4.86. The number of carbonyl (C=O) groups is 1. The molecular formula is C13H13Cl2N3OS. The number of hydrogen-bond acceptors (Lipinski definition) is 4. The fourth-order valence-electron chi connectivity index (χ4n) is 1.64. The predicted octanol–water partition coefficient (Wildman–Crippen LogP) is 3.76. The van der Waals surface area contributed by atoms with Crippen molar-refractivity contribution in [1.29, 1.82) is 0 Å². The maximum atomic E-state index is 12.1. The number of rotatable bonds is 4. The molecule has 0 bridgehead atoms. The van der Waals surface area contributed by atoms with Crippen LogP contribution in [0, 0.1) is 0 Å². The van der Waals surface area contributed by atoms with Crippen LogP contribution in [-0.4, -0.2) is 29.9 Å². The third-order valence-corrected chi connectivity index (χ3v) is 3.95. The average Bonchev–Trinajstić information content (AvgIpc) is 2.82. The normalized spacial score (nSPS) is 10.4. The van der Waals surface area contributed by atoms with Crippen LogP contribution in [0.2, 0.25) is 9.49 Å². The summed E-state index contributed by atoms with van der Waals surface area (Å²) in [5.41, 5.74) is 1.27. The summed E-state index contributed by atoms with van der Waals surface area (Å²) in [6.07, 6.45) is 1.71. The lowest BCUT2D eigenvalue weighted by atomic mass is 10.1. The number of halogens is 2. The molecule has 2 aromatic rings. The minimum absolute atomic E-state index is 0.0997. The molecule has 0 aliphatic rings. The van der Waals surface area contributed by atoms with Crippen LogP contribution in [0.1, 0.15) is 15.2 Å². The lowest BCUT2D eigenvalue weighted by Crippen LogP contribution is -2.23. The number of nitrogens with zero attached hydrogens (tertiary/aromatic N) is 2. The summed E-state index contributed by atoms with van der Waals surface area (Å²) >= 11 is 13.2. The van der Waals surface area contributed by atoms with Crippen molar-refractivity contribution in [3.63, 3.8) is 0 Å². The van der Waals surface area contributed by atoms with E-state index in [0.717, 1.165) is 10.6 Å². The molecule has 1 heterocycles. The SMILES string of the molecule is CN(C)C(=O)c1cc(Cl)ccc1NCc1cnc(Cl)s1. The molecule has 1 amide bonds. The van der Waals surface area contributed by atoms with Gasteiger partial charge in [0.15, 0.2) is 4.47 Å². The lowest BCUT2D eigenvalue weighted by molar-refractivity contribution is 0.0828. The summed E-state index contributed by atoms with van der Waals surface area (Å²) in [6, 6.07) is 5.20. The van der Waals surface area contributed by atoms with Gasteiger partial charge in [-0.3, -0.25) is 4.79 Å². The topological polar surface area (TPSA) is 45.2 Å². The maximum Gasteiger partial charge on any atom is 0.255 e. The Bertz CT molecular complexity index is 628. The van der Waals surface area contributed by atoms with Crippen molar-refractivity contribution < 1.29 is 4.79 Å². The van der Waals surface area contributed by atoms with E-state index in [2.05, 4.69) is 10.3 Å². The first-order valence-corrected chi connectivity index (χ1v) is 7.40. The van der Waals surface area contributed by atoms with Crippen LogP contribution in [0.25, 0.3) is 0 Å². The highest BCUT2D eigenvalue weighted by Gasteiger charge is 2.14. The van der Waals surface area contributed by atoms with Gasteiger partial charge in [0.05, 0.1) is 12.1 Å². The number of benzene rings is 1. The van der Waals surface area contributed by atoms with E-state index in [1.54, 1.807) is 38.5 Å². The molecule has 106 valence electrons. The van der Waals surface area contributed by atoms with Gasteiger partial charge in [0.2, 0.25) is 0 Å². The molecule has 0 unspecified atom stereocenters. The monoisotopic (exact) mass is 329 g/mol. The molecule has 0 saturated heterocycles. The summed E-state index contributed by atoms with van der Waals surface area (Å²) in [5.74, 6) is -0.0997. The molecule has 0 fully saturated rings. The Morgan fingerprint density at radius 2 is 2.15 bits per heavy atom. The van der Waals surface area contributed by atoms with Crippen molar-refractivity contribution in [1.82, 2.24) is 9.88 Å². The van der Waals surface area contributed by atoms with E-state index in [-0.39, 0.29) is 5.91 Å². The van der Waals surface area contributed by atoms with Gasteiger partial charge in [-0.25, -0.2) is 4.98 Å². The summed E-state index contributed by atoms with van der Waals surface area (Å²) in [7, 11) is 3.41. The molecule has 0 spiro atoms. The van der Waals surface area contributed by atoms with E-state index < -0.39 is 0 Å². The second-order valence-corrected chi connectivity index (χ2v) is 6.46. The lowest BCUT2D eigenvalue weighted by Gasteiger charge is -2.15. The van der Waals surface area contributed by atoms with E-state index in [4.69, 9.17) is 23.2 Å². The number of thiazole rings is 1. The van der Waals surface area contributed by atoms with E-state index in [1.165, 1.54) is 16.2 Å². The molecule has 0 aliphatic heterocycles. The van der Waals surface area contributed by atoms with E-state index in [9.17, 15) is 4.79 Å². The molecule has 0 radical (unpaired) electrons. The molecule has 1 N–H and O–H groups in total. The van der Waals surface area contributed by atoms with Crippen molar-refractivity contribution >= 4 is 46.1 Å². The van der Waals surface area contributed by atoms with E-state index in [1.807, 2.05) is 0 Å². The van der Waals surface area contributed by atoms with Crippen LogP contribution in [0.3, 0.4) is 0 Å². The standard InChI is InChI=1S/C13H13Cl2N3OS/c1-18(2)12(19)10-5-8(14)3-4-11(10)16-6-9-7-17-13(15)20-9/h3-5,7,16H,6H2,1-2H3. The second-order valence-electron chi connectivity index (χ2n) is 4.32. The van der Waals surface area contributed by atoms with E-state index >= 15 is 0 Å². The third-order valence-electron chi connectivity index (χ3n) is 2.60. The van der Waals surface area contributed by atoms with E-state index in [0.29, 0.717) is 21.6 Å². The highest BCUT2D eigenvalue weighted by molar-refractivity contribution is 7.15. The number of carbonyl (C=O) groups excluding carboxylic acids is 1. The quantitative estimate of drug-likeness (QED) is 0.928. The molecule has 4 nitrogen and oxygen atoms in total. The molecule has 7 heteroatoms. The second kappa shape index (κ2) is 6.43. The van der Waals surface area contributed by atoms with Gasteiger partial charge in [-0.1, -0.05) is 23.2 Å². The zero-order valence-electron chi connectivity index (χ0n) is 11.0. The van der Waals surface area contributed by atoms with Crippen LogP contribution in [0.15, 0.2) is 24.4 Å². The molecule has 1 aromatic carbocycles. The molecule has 2 rings (SSSR count). The minimum Gasteiger partial charge on any atom is -0.379 e. The van der Waals surface area contributed by atoms with Crippen molar-refractivity contribution in [2.75, 3.05) is 19.4 Å². The maximum absolute atomic E-state index is 12.1. The average molecular weight is 330 g/mol. The van der Waals surface area contributed by atoms with Gasteiger partial charge in [0, 0.05) is 35.9 Å². The minimum atomic E-state index is -0.0997. The van der Waals surface area contributed by atoms with Crippen molar-refractivity contribution in [2.45, 2.75) is 6.54 Å². The van der Waals surface area contributed by atoms with Gasteiger partial charge in [-0.05, 0) is 18.2 Å². The smallest absolute Gasteiger partial charge is 0.255 e. The van der Waals surface area contributed by atoms with Crippen molar-refractivity contribution in [3.8, 4) is 0 Å². The largest absolute Gasteiger partial charge is 0.379 e. The van der Waals surface area contributed by atoms with Crippen LogP contribution < -0.4 is 5.32 Å². The highest BCUT2D eigenvalue weighted by Crippen LogP contribution is 2.24. The number of amides is 1. The molecule has 0 aliphatic carbocycles. The first-order chi connectivity index (χ1) is 9.47. The molecular weight excluding hydrogens is 317 g/mol. The first kappa shape index (κ1) is 15.1. The molecule has 0 saturated carbocycles. The fourth-order valence-corrected chi connectivity index (χ4v) is 2.73. The molecule has 20 heavy (non-hydrogen) atoms. The zero-order chi connectivity index (χ0) is 14.7.